The largest absolute Gasteiger partial charge is 0.489 e. The van der Waals surface area contributed by atoms with Crippen LogP contribution in [0.2, 0.25) is 0 Å². The lowest BCUT2D eigenvalue weighted by atomic mass is 10.1. The van der Waals surface area contributed by atoms with Gasteiger partial charge in [0.15, 0.2) is 0 Å². The van der Waals surface area contributed by atoms with E-state index in [1.807, 2.05) is 48.5 Å². The van der Waals surface area contributed by atoms with Crippen LogP contribution >= 0.6 is 0 Å². The highest BCUT2D eigenvalue weighted by atomic mass is 16.5. The molecule has 0 aliphatic carbocycles. The van der Waals surface area contributed by atoms with E-state index in [9.17, 15) is 9.59 Å². The lowest BCUT2D eigenvalue weighted by Crippen LogP contribution is -2.49. The molecule has 10 heteroatoms. The number of hydrogen-bond donors (Lipinski definition) is 2. The Morgan fingerprint density at radius 3 is 2.89 bits per heavy atom. The monoisotopic (exact) mass is 476 g/mol. The molecule has 2 aliphatic heterocycles. The molecule has 2 amide bonds. The van der Waals surface area contributed by atoms with Crippen LogP contribution in [0, 0.1) is 0 Å². The molecule has 1 fully saturated rings. The van der Waals surface area contributed by atoms with Gasteiger partial charge in [-0.05, 0) is 30.2 Å². The number of amides is 2. The van der Waals surface area contributed by atoms with E-state index in [1.165, 1.54) is 4.90 Å². The van der Waals surface area contributed by atoms with Crippen molar-refractivity contribution < 1.29 is 19.1 Å². The van der Waals surface area contributed by atoms with Crippen molar-refractivity contribution in [3.05, 3.63) is 65.7 Å². The Hall–Kier alpha value is -3.92. The number of anilines is 2. The average molecular weight is 477 g/mol. The fourth-order valence-electron chi connectivity index (χ4n) is 4.28. The summed E-state index contributed by atoms with van der Waals surface area (Å²) in [4.78, 5) is 34.1. The Kier molecular flexibility index (Phi) is 6.62. The molecule has 1 unspecified atom stereocenters. The van der Waals surface area contributed by atoms with Gasteiger partial charge in [0.25, 0.3) is 11.8 Å². The number of H-pyrrole nitrogens is 1. The molecule has 1 aromatic heterocycles. The molecule has 10 nitrogen and oxygen atoms in total. The summed E-state index contributed by atoms with van der Waals surface area (Å²) in [6.45, 7) is 3.12. The van der Waals surface area contributed by atoms with Crippen LogP contribution in [0.15, 0.2) is 48.5 Å². The Morgan fingerprint density at radius 1 is 1.17 bits per heavy atom. The Bertz CT molecular complexity index is 1190. The zero-order valence-corrected chi connectivity index (χ0v) is 19.6. The summed E-state index contributed by atoms with van der Waals surface area (Å²) in [7, 11) is 1.69. The first kappa shape index (κ1) is 22.9. The number of fused-ring (bicyclic) bond motifs is 1. The van der Waals surface area contributed by atoms with E-state index in [-0.39, 0.29) is 18.3 Å². The zero-order chi connectivity index (χ0) is 24.2. The highest BCUT2D eigenvalue weighted by Crippen LogP contribution is 2.34. The summed E-state index contributed by atoms with van der Waals surface area (Å²) < 4.78 is 11.5. The molecule has 3 heterocycles. The molecule has 0 saturated carbocycles. The van der Waals surface area contributed by atoms with E-state index >= 15 is 0 Å². The van der Waals surface area contributed by atoms with Gasteiger partial charge in [0.2, 0.25) is 5.82 Å². The smallest absolute Gasteiger partial charge is 0.291 e. The summed E-state index contributed by atoms with van der Waals surface area (Å²) in [5.41, 5.74) is 2.72. The normalized spacial score (nSPS) is 18.3. The third-order valence-electron chi connectivity index (χ3n) is 6.18. The quantitative estimate of drug-likeness (QED) is 0.577. The van der Waals surface area contributed by atoms with Crippen LogP contribution in [0.3, 0.4) is 0 Å². The molecular weight excluding hydrogens is 448 g/mol. The SMILES string of the molecule is CN1C(=O)C(NC(=O)c2n[nH]c(Cc3ccccc3)n2)COc2ccc(N3CCCOCC3)cc21. The van der Waals surface area contributed by atoms with Crippen LogP contribution in [0.5, 0.6) is 5.75 Å². The molecule has 2 N–H and O–H groups in total. The predicted molar refractivity (Wildman–Crippen MR) is 130 cm³/mol. The van der Waals surface area contributed by atoms with E-state index < -0.39 is 11.9 Å². The second kappa shape index (κ2) is 10.1. The number of likely N-dealkylation sites (N-methyl/N-ethyl adjacent to an activating group) is 1. The number of carbonyl (C=O) groups is 2. The fourth-order valence-corrected chi connectivity index (χ4v) is 4.28. The van der Waals surface area contributed by atoms with E-state index in [4.69, 9.17) is 9.47 Å². The minimum absolute atomic E-state index is 0.0140. The van der Waals surface area contributed by atoms with Crippen LogP contribution in [0.25, 0.3) is 0 Å². The van der Waals surface area contributed by atoms with Crippen molar-refractivity contribution in [2.75, 3.05) is 49.8 Å². The highest BCUT2D eigenvalue weighted by Gasteiger charge is 2.32. The number of nitrogens with one attached hydrogen (secondary N) is 2. The van der Waals surface area contributed by atoms with E-state index in [1.54, 1.807) is 7.05 Å². The molecule has 35 heavy (non-hydrogen) atoms. The number of aromatic nitrogens is 3. The molecular formula is C25H28N6O4. The lowest BCUT2D eigenvalue weighted by molar-refractivity contribution is -0.120. The number of ether oxygens (including phenoxy) is 2. The molecule has 5 rings (SSSR count). The molecule has 2 aliphatic rings. The third kappa shape index (κ3) is 5.12. The van der Waals surface area contributed by atoms with Gasteiger partial charge in [0, 0.05) is 38.9 Å². The number of rotatable bonds is 5. The first-order valence-electron chi connectivity index (χ1n) is 11.7. The first-order valence-corrected chi connectivity index (χ1v) is 11.7. The van der Waals surface area contributed by atoms with Gasteiger partial charge in [-0.2, -0.15) is 0 Å². The second-order valence-corrected chi connectivity index (χ2v) is 8.61. The standard InChI is InChI=1S/C25H28N6O4/c1-30-20-15-18(31-10-5-12-34-13-11-31)8-9-21(20)35-16-19(25(30)33)26-24(32)23-27-22(28-29-23)14-17-6-3-2-4-7-17/h2-4,6-9,15,19H,5,10-14,16H2,1H3,(H,26,32)(H,27,28,29). The summed E-state index contributed by atoms with van der Waals surface area (Å²) in [5.74, 6) is 0.343. The molecule has 2 aromatic carbocycles. The van der Waals surface area contributed by atoms with Crippen LogP contribution in [0.4, 0.5) is 11.4 Å². The van der Waals surface area contributed by atoms with Gasteiger partial charge in [-0.25, -0.2) is 4.98 Å². The van der Waals surface area contributed by atoms with Gasteiger partial charge in [0.1, 0.15) is 24.2 Å². The van der Waals surface area contributed by atoms with Gasteiger partial charge >= 0.3 is 0 Å². The number of nitrogens with zero attached hydrogens (tertiary/aromatic N) is 4. The average Bonchev–Trinajstić information content (AvgIpc) is 3.12. The number of benzene rings is 2. The Labute approximate surface area is 203 Å². The number of carbonyl (C=O) groups excluding carboxylic acids is 2. The topological polar surface area (TPSA) is 113 Å². The second-order valence-electron chi connectivity index (χ2n) is 8.61. The molecule has 0 spiro atoms. The predicted octanol–water partition coefficient (Wildman–Crippen LogP) is 1.78. The van der Waals surface area contributed by atoms with Crippen molar-refractivity contribution in [2.45, 2.75) is 18.9 Å². The number of hydrogen-bond acceptors (Lipinski definition) is 7. The summed E-state index contributed by atoms with van der Waals surface area (Å²) >= 11 is 0. The first-order chi connectivity index (χ1) is 17.1. The molecule has 182 valence electrons. The fraction of sp³-hybridized carbons (Fsp3) is 0.360. The Balaban J connectivity index is 1.27. The number of aromatic amines is 1. The maximum Gasteiger partial charge on any atom is 0.291 e. The molecule has 3 aromatic rings. The molecule has 1 saturated heterocycles. The maximum absolute atomic E-state index is 13.2. The highest BCUT2D eigenvalue weighted by molar-refractivity contribution is 6.02. The summed E-state index contributed by atoms with van der Waals surface area (Å²) in [5, 5.41) is 9.55. The van der Waals surface area contributed by atoms with Crippen molar-refractivity contribution in [1.29, 1.82) is 0 Å². The van der Waals surface area contributed by atoms with Crippen LogP contribution in [-0.4, -0.2) is 73.0 Å². The summed E-state index contributed by atoms with van der Waals surface area (Å²) in [6.07, 6.45) is 1.47. The van der Waals surface area contributed by atoms with E-state index in [0.717, 1.165) is 37.4 Å². The van der Waals surface area contributed by atoms with E-state index in [2.05, 4.69) is 25.4 Å². The van der Waals surface area contributed by atoms with Crippen molar-refractivity contribution >= 4 is 23.2 Å². The van der Waals surface area contributed by atoms with Crippen molar-refractivity contribution in [3.8, 4) is 5.75 Å². The van der Waals surface area contributed by atoms with Crippen LogP contribution in [0.1, 0.15) is 28.4 Å². The van der Waals surface area contributed by atoms with Crippen LogP contribution in [-0.2, 0) is 16.0 Å². The molecule has 1 atom stereocenters. The lowest BCUT2D eigenvalue weighted by Gasteiger charge is -2.25. The van der Waals surface area contributed by atoms with E-state index in [0.29, 0.717) is 30.3 Å². The minimum Gasteiger partial charge on any atom is -0.489 e. The van der Waals surface area contributed by atoms with Gasteiger partial charge in [-0.1, -0.05) is 30.3 Å². The minimum atomic E-state index is -0.869. The molecule has 0 radical (unpaired) electrons. The Morgan fingerprint density at radius 2 is 2.03 bits per heavy atom. The van der Waals surface area contributed by atoms with Crippen LogP contribution < -0.4 is 19.9 Å². The molecule has 0 bridgehead atoms. The van der Waals surface area contributed by atoms with Gasteiger partial charge in [0.05, 0.1) is 12.3 Å². The summed E-state index contributed by atoms with van der Waals surface area (Å²) in [6, 6.07) is 14.7. The van der Waals surface area contributed by atoms with Crippen molar-refractivity contribution in [3.63, 3.8) is 0 Å². The zero-order valence-electron chi connectivity index (χ0n) is 19.6. The van der Waals surface area contributed by atoms with Gasteiger partial charge in [-0.15, -0.1) is 5.10 Å². The van der Waals surface area contributed by atoms with Crippen molar-refractivity contribution in [2.24, 2.45) is 0 Å². The maximum atomic E-state index is 13.2. The van der Waals surface area contributed by atoms with Gasteiger partial charge < -0.3 is 24.6 Å². The van der Waals surface area contributed by atoms with Crippen molar-refractivity contribution in [1.82, 2.24) is 20.5 Å². The third-order valence-corrected chi connectivity index (χ3v) is 6.18. The van der Waals surface area contributed by atoms with Gasteiger partial charge in [-0.3, -0.25) is 14.7 Å².